The van der Waals surface area contributed by atoms with Crippen molar-refractivity contribution in [2.24, 2.45) is 0 Å². The van der Waals surface area contributed by atoms with Gasteiger partial charge in [-0.05, 0) is 52.3 Å². The van der Waals surface area contributed by atoms with Crippen LogP contribution in [0.4, 0.5) is 5.69 Å². The van der Waals surface area contributed by atoms with Crippen molar-refractivity contribution < 1.29 is 0 Å². The van der Waals surface area contributed by atoms with Crippen molar-refractivity contribution in [1.29, 1.82) is 0 Å². The number of rotatable bonds is 2. The molecule has 0 amide bonds. The third-order valence-electron chi connectivity index (χ3n) is 2.60. The van der Waals surface area contributed by atoms with E-state index >= 15 is 0 Å². The van der Waals surface area contributed by atoms with Crippen LogP contribution in [0.25, 0.3) is 10.9 Å². The van der Waals surface area contributed by atoms with Crippen molar-refractivity contribution in [2.45, 2.75) is 10.1 Å². The van der Waals surface area contributed by atoms with Crippen molar-refractivity contribution in [3.63, 3.8) is 0 Å². The molecule has 0 atom stereocenters. The van der Waals surface area contributed by atoms with Gasteiger partial charge in [-0.15, -0.1) is 0 Å². The standard InChI is InChI=1S/C14H10BrN3S/c15-10-2-6-13(17-8-10)19-14-5-1-9-7-11(16)3-4-12(9)18-14/h1-8H,16H2. The number of nitrogens with two attached hydrogens (primary N) is 1. The van der Waals surface area contributed by atoms with Crippen molar-refractivity contribution >= 4 is 44.3 Å². The highest BCUT2D eigenvalue weighted by Gasteiger charge is 2.02. The molecule has 0 radical (unpaired) electrons. The second kappa shape index (κ2) is 5.19. The first-order valence-corrected chi connectivity index (χ1v) is 7.27. The van der Waals surface area contributed by atoms with Gasteiger partial charge in [0.15, 0.2) is 0 Å². The van der Waals surface area contributed by atoms with Gasteiger partial charge in [-0.3, -0.25) is 0 Å². The Morgan fingerprint density at radius 3 is 2.63 bits per heavy atom. The molecule has 0 saturated carbocycles. The molecule has 0 aliphatic heterocycles. The van der Waals surface area contributed by atoms with Gasteiger partial charge in [-0.2, -0.15) is 0 Å². The normalized spacial score (nSPS) is 10.8. The predicted molar refractivity (Wildman–Crippen MR) is 82.2 cm³/mol. The van der Waals surface area contributed by atoms with Crippen molar-refractivity contribution in [3.05, 3.63) is 53.1 Å². The molecule has 0 bridgehead atoms. The summed E-state index contributed by atoms with van der Waals surface area (Å²) in [7, 11) is 0. The number of aromatic nitrogens is 2. The lowest BCUT2D eigenvalue weighted by molar-refractivity contribution is 1.10. The van der Waals surface area contributed by atoms with Gasteiger partial charge in [-0.1, -0.05) is 17.8 Å². The summed E-state index contributed by atoms with van der Waals surface area (Å²) >= 11 is 4.91. The average Bonchev–Trinajstić information content (AvgIpc) is 2.42. The topological polar surface area (TPSA) is 51.8 Å². The van der Waals surface area contributed by atoms with E-state index in [1.807, 2.05) is 42.5 Å². The maximum atomic E-state index is 5.75. The van der Waals surface area contributed by atoms with Crippen LogP contribution < -0.4 is 5.73 Å². The summed E-state index contributed by atoms with van der Waals surface area (Å²) < 4.78 is 0.971. The van der Waals surface area contributed by atoms with Gasteiger partial charge in [0.25, 0.3) is 0 Å². The monoisotopic (exact) mass is 331 g/mol. The van der Waals surface area contributed by atoms with Crippen molar-refractivity contribution in [3.8, 4) is 0 Å². The van der Waals surface area contributed by atoms with Crippen LogP contribution in [0.1, 0.15) is 0 Å². The lowest BCUT2D eigenvalue weighted by atomic mass is 10.2. The van der Waals surface area contributed by atoms with Crippen LogP contribution in [-0.4, -0.2) is 9.97 Å². The van der Waals surface area contributed by atoms with Crippen LogP contribution in [0.3, 0.4) is 0 Å². The minimum Gasteiger partial charge on any atom is -0.399 e. The smallest absolute Gasteiger partial charge is 0.103 e. The Morgan fingerprint density at radius 2 is 1.84 bits per heavy atom. The van der Waals surface area contributed by atoms with E-state index in [4.69, 9.17) is 5.73 Å². The third-order valence-corrected chi connectivity index (χ3v) is 3.95. The second-order valence-electron chi connectivity index (χ2n) is 4.02. The first-order chi connectivity index (χ1) is 9.20. The van der Waals surface area contributed by atoms with Crippen LogP contribution in [0.5, 0.6) is 0 Å². The Balaban J connectivity index is 1.93. The summed E-state index contributed by atoms with van der Waals surface area (Å²) in [6.07, 6.45) is 1.78. The molecular weight excluding hydrogens is 322 g/mol. The molecule has 1 aromatic carbocycles. The Kier molecular flexibility index (Phi) is 3.40. The van der Waals surface area contributed by atoms with Gasteiger partial charge in [0.2, 0.25) is 0 Å². The fraction of sp³-hybridized carbons (Fsp3) is 0. The Morgan fingerprint density at radius 1 is 1.00 bits per heavy atom. The van der Waals surface area contributed by atoms with E-state index in [1.165, 1.54) is 0 Å². The number of nitrogen functional groups attached to an aromatic ring is 1. The Labute approximate surface area is 123 Å². The molecule has 19 heavy (non-hydrogen) atoms. The van der Waals surface area contributed by atoms with Crippen LogP contribution in [-0.2, 0) is 0 Å². The second-order valence-corrected chi connectivity index (χ2v) is 5.97. The maximum Gasteiger partial charge on any atom is 0.103 e. The zero-order valence-corrected chi connectivity index (χ0v) is 12.3. The molecule has 3 nitrogen and oxygen atoms in total. The Hall–Kier alpha value is -1.59. The number of fused-ring (bicyclic) bond motifs is 1. The zero-order chi connectivity index (χ0) is 13.2. The minimum absolute atomic E-state index is 0.754. The van der Waals surface area contributed by atoms with Gasteiger partial charge >= 0.3 is 0 Å². The molecule has 0 aliphatic rings. The van der Waals surface area contributed by atoms with Crippen LogP contribution in [0, 0.1) is 0 Å². The lowest BCUT2D eigenvalue weighted by Crippen LogP contribution is -1.87. The molecule has 2 heterocycles. The van der Waals surface area contributed by atoms with E-state index in [0.29, 0.717) is 0 Å². The number of benzene rings is 1. The number of nitrogens with zero attached hydrogens (tertiary/aromatic N) is 2. The van der Waals surface area contributed by atoms with E-state index in [-0.39, 0.29) is 0 Å². The number of pyridine rings is 2. The summed E-state index contributed by atoms with van der Waals surface area (Å²) in [5, 5.41) is 2.89. The quantitative estimate of drug-likeness (QED) is 0.717. The molecule has 2 N–H and O–H groups in total. The highest BCUT2D eigenvalue weighted by Crippen LogP contribution is 2.27. The third kappa shape index (κ3) is 2.88. The van der Waals surface area contributed by atoms with Gasteiger partial charge in [0.1, 0.15) is 10.1 Å². The van der Waals surface area contributed by atoms with Crippen LogP contribution in [0.2, 0.25) is 0 Å². The molecule has 94 valence electrons. The maximum absolute atomic E-state index is 5.75. The molecule has 0 unspecified atom stereocenters. The molecule has 5 heteroatoms. The first kappa shape index (κ1) is 12.4. The molecule has 3 rings (SSSR count). The molecule has 0 saturated heterocycles. The number of hydrogen-bond donors (Lipinski definition) is 1. The van der Waals surface area contributed by atoms with Crippen molar-refractivity contribution in [2.75, 3.05) is 5.73 Å². The fourth-order valence-electron chi connectivity index (χ4n) is 1.71. The summed E-state index contributed by atoms with van der Waals surface area (Å²) in [4.78, 5) is 8.91. The first-order valence-electron chi connectivity index (χ1n) is 5.66. The van der Waals surface area contributed by atoms with E-state index in [2.05, 4.69) is 25.9 Å². The number of anilines is 1. The SMILES string of the molecule is Nc1ccc2nc(Sc3ccc(Br)cn3)ccc2c1. The highest BCUT2D eigenvalue weighted by atomic mass is 79.9. The predicted octanol–water partition coefficient (Wildman–Crippen LogP) is 4.13. The lowest BCUT2D eigenvalue weighted by Gasteiger charge is -2.03. The van der Waals surface area contributed by atoms with E-state index in [1.54, 1.807) is 18.0 Å². The molecule has 0 spiro atoms. The summed E-state index contributed by atoms with van der Waals surface area (Å²) in [5.74, 6) is 0. The summed E-state index contributed by atoms with van der Waals surface area (Å²) in [6, 6.07) is 13.7. The van der Waals surface area contributed by atoms with Gasteiger partial charge in [0, 0.05) is 21.7 Å². The number of halogens is 1. The van der Waals surface area contributed by atoms with E-state index in [0.717, 1.165) is 31.1 Å². The fourth-order valence-corrected chi connectivity index (χ4v) is 2.68. The van der Waals surface area contributed by atoms with E-state index in [9.17, 15) is 0 Å². The molecule has 3 aromatic rings. The molecular formula is C14H10BrN3S. The Bertz CT molecular complexity index is 728. The molecule has 0 aliphatic carbocycles. The molecule has 2 aromatic heterocycles. The largest absolute Gasteiger partial charge is 0.399 e. The van der Waals surface area contributed by atoms with E-state index < -0.39 is 0 Å². The van der Waals surface area contributed by atoms with Gasteiger partial charge in [-0.25, -0.2) is 9.97 Å². The van der Waals surface area contributed by atoms with Crippen LogP contribution >= 0.6 is 27.7 Å². The van der Waals surface area contributed by atoms with Crippen LogP contribution in [0.15, 0.2) is 63.2 Å². The number of hydrogen-bond acceptors (Lipinski definition) is 4. The zero-order valence-electron chi connectivity index (χ0n) is 9.88. The van der Waals surface area contributed by atoms with Crippen molar-refractivity contribution in [1.82, 2.24) is 9.97 Å². The highest BCUT2D eigenvalue weighted by molar-refractivity contribution is 9.10. The molecule has 0 fully saturated rings. The minimum atomic E-state index is 0.754. The van der Waals surface area contributed by atoms with Gasteiger partial charge in [0.05, 0.1) is 5.52 Å². The average molecular weight is 332 g/mol. The summed E-state index contributed by atoms with van der Waals surface area (Å²) in [6.45, 7) is 0. The summed E-state index contributed by atoms with van der Waals surface area (Å²) in [5.41, 5.74) is 7.45. The van der Waals surface area contributed by atoms with Gasteiger partial charge < -0.3 is 5.73 Å².